The number of nitrogens with two attached hydrogens (primary N) is 1. The highest BCUT2D eigenvalue weighted by Crippen LogP contribution is 2.39. The fourth-order valence-electron chi connectivity index (χ4n) is 2.38. The van der Waals surface area contributed by atoms with Crippen LogP contribution in [0.15, 0.2) is 42.7 Å². The molecule has 1 aromatic carbocycles. The number of pyridine rings is 2. The lowest BCUT2D eigenvalue weighted by atomic mass is 9.96. The lowest BCUT2D eigenvalue weighted by Gasteiger charge is -2.17. The molecular weight excluding hydrogens is 319 g/mol. The van der Waals surface area contributed by atoms with Crippen LogP contribution >= 0.6 is 23.2 Å². The Hall–Kier alpha value is -2.35. The third kappa shape index (κ3) is 2.35. The Morgan fingerprint density at radius 2 is 2.00 bits per heavy atom. The third-order valence-corrected chi connectivity index (χ3v) is 4.20. The van der Waals surface area contributed by atoms with Gasteiger partial charge in [0.15, 0.2) is 0 Å². The van der Waals surface area contributed by atoms with Gasteiger partial charge in [0, 0.05) is 22.2 Å². The molecule has 1 atom stereocenters. The number of hydrogen-bond donors (Lipinski definition) is 1. The van der Waals surface area contributed by atoms with E-state index in [0.717, 1.165) is 5.39 Å². The van der Waals surface area contributed by atoms with Crippen LogP contribution in [0.3, 0.4) is 0 Å². The second-order valence-electron chi connectivity index (χ2n) is 4.67. The van der Waals surface area contributed by atoms with Crippen molar-refractivity contribution in [1.82, 2.24) is 9.97 Å². The van der Waals surface area contributed by atoms with E-state index in [1.807, 2.05) is 18.2 Å². The lowest BCUT2D eigenvalue weighted by molar-refractivity contribution is 1.13. The normalized spacial score (nSPS) is 12.0. The summed E-state index contributed by atoms with van der Waals surface area (Å²) in [4.78, 5) is 8.24. The number of nitrogens with zero attached hydrogens (tertiary/aromatic N) is 3. The maximum absolute atomic E-state index is 9.45. The molecule has 1 unspecified atom stereocenters. The Morgan fingerprint density at radius 3 is 2.73 bits per heavy atom. The van der Waals surface area contributed by atoms with Crippen LogP contribution in [0.2, 0.25) is 5.02 Å². The minimum absolute atomic E-state index is 0.135. The first-order valence-corrected chi connectivity index (χ1v) is 7.26. The van der Waals surface area contributed by atoms with Crippen molar-refractivity contribution in [3.8, 4) is 6.07 Å². The number of benzene rings is 1. The molecule has 3 aromatic rings. The Balaban J connectivity index is 2.34. The number of nitriles is 1. The van der Waals surface area contributed by atoms with Crippen LogP contribution in [0.4, 0.5) is 5.82 Å². The molecule has 0 saturated heterocycles. The summed E-state index contributed by atoms with van der Waals surface area (Å²) in [6.45, 7) is 0. The van der Waals surface area contributed by atoms with Gasteiger partial charge >= 0.3 is 0 Å². The quantitative estimate of drug-likeness (QED) is 0.719. The van der Waals surface area contributed by atoms with Gasteiger partial charge in [0.1, 0.15) is 11.9 Å². The van der Waals surface area contributed by atoms with Gasteiger partial charge in [-0.15, -0.1) is 11.6 Å². The first kappa shape index (κ1) is 14.6. The van der Waals surface area contributed by atoms with Gasteiger partial charge in [0.05, 0.1) is 22.7 Å². The minimum Gasteiger partial charge on any atom is -0.383 e. The summed E-state index contributed by atoms with van der Waals surface area (Å²) in [5.41, 5.74) is 8.06. The van der Waals surface area contributed by atoms with E-state index in [1.54, 1.807) is 24.5 Å². The molecule has 22 heavy (non-hydrogen) atoms. The van der Waals surface area contributed by atoms with Crippen molar-refractivity contribution in [2.45, 2.75) is 5.38 Å². The summed E-state index contributed by atoms with van der Waals surface area (Å²) in [7, 11) is 0. The van der Waals surface area contributed by atoms with Crippen molar-refractivity contribution in [1.29, 1.82) is 5.26 Å². The van der Waals surface area contributed by atoms with Gasteiger partial charge in [0.25, 0.3) is 0 Å². The van der Waals surface area contributed by atoms with Gasteiger partial charge in [-0.25, -0.2) is 4.98 Å². The molecule has 3 rings (SSSR count). The van der Waals surface area contributed by atoms with E-state index < -0.39 is 5.38 Å². The molecule has 2 heterocycles. The molecular formula is C16H10Cl2N4. The molecule has 108 valence electrons. The number of aromatic nitrogens is 2. The number of halogens is 2. The average Bonchev–Trinajstić information content (AvgIpc) is 2.53. The molecule has 2 aromatic heterocycles. The molecule has 0 fully saturated rings. The topological polar surface area (TPSA) is 75.6 Å². The highest BCUT2D eigenvalue weighted by atomic mass is 35.5. The van der Waals surface area contributed by atoms with Crippen molar-refractivity contribution in [3.63, 3.8) is 0 Å². The Kier molecular flexibility index (Phi) is 3.84. The molecule has 0 aliphatic carbocycles. The maximum atomic E-state index is 9.45. The van der Waals surface area contributed by atoms with Crippen LogP contribution < -0.4 is 5.73 Å². The molecule has 0 aliphatic rings. The van der Waals surface area contributed by atoms with E-state index >= 15 is 0 Å². The highest BCUT2D eigenvalue weighted by molar-refractivity contribution is 6.33. The first-order chi connectivity index (χ1) is 10.6. The number of rotatable bonds is 2. The predicted molar refractivity (Wildman–Crippen MR) is 87.8 cm³/mol. The summed E-state index contributed by atoms with van der Waals surface area (Å²) in [6.07, 6.45) is 3.22. The number of hydrogen-bond acceptors (Lipinski definition) is 4. The van der Waals surface area contributed by atoms with Gasteiger partial charge in [-0.2, -0.15) is 5.26 Å². The third-order valence-electron chi connectivity index (χ3n) is 3.40. The van der Waals surface area contributed by atoms with Gasteiger partial charge in [0.2, 0.25) is 0 Å². The second kappa shape index (κ2) is 5.80. The molecule has 0 spiro atoms. The zero-order valence-electron chi connectivity index (χ0n) is 11.3. The van der Waals surface area contributed by atoms with Gasteiger partial charge in [-0.3, -0.25) is 4.98 Å². The van der Waals surface area contributed by atoms with Crippen molar-refractivity contribution in [3.05, 3.63) is 64.4 Å². The molecule has 0 aliphatic heterocycles. The first-order valence-electron chi connectivity index (χ1n) is 6.45. The maximum Gasteiger partial charge on any atom is 0.142 e. The average molecular weight is 329 g/mol. The summed E-state index contributed by atoms with van der Waals surface area (Å²) in [5, 5.41) is 10.1. The molecule has 0 bridgehead atoms. The predicted octanol–water partition coefficient (Wildman–Crippen LogP) is 4.07. The molecule has 2 N–H and O–H groups in total. The zero-order valence-corrected chi connectivity index (χ0v) is 12.8. The van der Waals surface area contributed by atoms with E-state index in [9.17, 15) is 5.26 Å². The molecule has 4 nitrogen and oxygen atoms in total. The number of anilines is 1. The molecule has 0 saturated carbocycles. The largest absolute Gasteiger partial charge is 0.383 e. The van der Waals surface area contributed by atoms with E-state index in [-0.39, 0.29) is 11.4 Å². The van der Waals surface area contributed by atoms with Crippen molar-refractivity contribution in [2.75, 3.05) is 5.73 Å². The summed E-state index contributed by atoms with van der Waals surface area (Å²) in [5.74, 6) is 0.135. The Morgan fingerprint density at radius 1 is 1.23 bits per heavy atom. The SMILES string of the molecule is N#Cc1c(N)nc2cnccc2c1C(Cl)c1ccccc1Cl. The van der Waals surface area contributed by atoms with Gasteiger partial charge in [-0.05, 0) is 17.7 Å². The van der Waals surface area contributed by atoms with Crippen LogP contribution in [-0.2, 0) is 0 Å². The molecule has 0 radical (unpaired) electrons. The number of fused-ring (bicyclic) bond motifs is 1. The standard InChI is InChI=1S/C16H10Cl2N4/c17-12-4-2-1-3-9(12)15(18)14-10-5-6-21-8-13(10)22-16(20)11(14)7-19/h1-6,8,15H,(H2,20,22). The summed E-state index contributed by atoms with van der Waals surface area (Å²) >= 11 is 12.9. The zero-order chi connectivity index (χ0) is 15.7. The van der Waals surface area contributed by atoms with Crippen LogP contribution in [0.25, 0.3) is 10.9 Å². The smallest absolute Gasteiger partial charge is 0.142 e. The lowest BCUT2D eigenvalue weighted by Crippen LogP contribution is -2.05. The van der Waals surface area contributed by atoms with E-state index in [2.05, 4.69) is 16.0 Å². The fourth-order valence-corrected chi connectivity index (χ4v) is 3.10. The van der Waals surface area contributed by atoms with Gasteiger partial charge < -0.3 is 5.73 Å². The van der Waals surface area contributed by atoms with Crippen molar-refractivity contribution >= 4 is 39.9 Å². The van der Waals surface area contributed by atoms with Crippen LogP contribution in [-0.4, -0.2) is 9.97 Å². The summed E-state index contributed by atoms with van der Waals surface area (Å²) < 4.78 is 0. The number of nitrogen functional groups attached to an aromatic ring is 1. The molecule has 0 amide bonds. The van der Waals surface area contributed by atoms with Crippen LogP contribution in [0.5, 0.6) is 0 Å². The Bertz CT molecular complexity index is 902. The van der Waals surface area contributed by atoms with E-state index in [4.69, 9.17) is 28.9 Å². The highest BCUT2D eigenvalue weighted by Gasteiger charge is 2.23. The fraction of sp³-hybridized carbons (Fsp3) is 0.0625. The monoisotopic (exact) mass is 328 g/mol. The van der Waals surface area contributed by atoms with E-state index in [0.29, 0.717) is 21.7 Å². The van der Waals surface area contributed by atoms with Crippen molar-refractivity contribution < 1.29 is 0 Å². The Labute approximate surface area is 137 Å². The number of alkyl halides is 1. The molecule has 6 heteroatoms. The van der Waals surface area contributed by atoms with Crippen LogP contribution in [0.1, 0.15) is 22.1 Å². The summed E-state index contributed by atoms with van der Waals surface area (Å²) in [6, 6.07) is 11.1. The van der Waals surface area contributed by atoms with E-state index in [1.165, 1.54) is 0 Å². The van der Waals surface area contributed by atoms with Gasteiger partial charge in [-0.1, -0.05) is 29.8 Å². The minimum atomic E-state index is -0.612. The second-order valence-corrected chi connectivity index (χ2v) is 5.52. The van der Waals surface area contributed by atoms with Crippen molar-refractivity contribution in [2.24, 2.45) is 0 Å². The van der Waals surface area contributed by atoms with Crippen LogP contribution in [0, 0.1) is 11.3 Å².